The number of sulfonamides is 1. The van der Waals surface area contributed by atoms with Gasteiger partial charge in [0.05, 0.1) is 29.5 Å². The number of aromatic nitrogens is 1. The normalized spacial score (nSPS) is 14.7. The van der Waals surface area contributed by atoms with Gasteiger partial charge in [0.1, 0.15) is 5.69 Å². The topological polar surface area (TPSA) is 91.8 Å². The molecule has 1 aromatic carbocycles. The molecule has 0 unspecified atom stereocenters. The largest absolute Gasteiger partial charge is 0.378 e. The van der Waals surface area contributed by atoms with Crippen LogP contribution in [0.25, 0.3) is 0 Å². The van der Waals surface area contributed by atoms with Crippen LogP contribution in [0.3, 0.4) is 0 Å². The number of morpholine rings is 1. The summed E-state index contributed by atoms with van der Waals surface area (Å²) in [5.74, 6) is -0.468. The number of ether oxygens (including phenoxy) is 1. The lowest BCUT2D eigenvalue weighted by molar-refractivity contribution is 0.102. The van der Waals surface area contributed by atoms with E-state index >= 15 is 0 Å². The summed E-state index contributed by atoms with van der Waals surface area (Å²) in [4.78, 5) is 19.0. The number of hydrogen-bond acceptors (Lipinski definition) is 6. The molecule has 1 amide bonds. The van der Waals surface area contributed by atoms with E-state index in [4.69, 9.17) is 16.3 Å². The lowest BCUT2D eigenvalue weighted by atomic mass is 10.2. The number of amides is 1. The number of pyridine rings is 1. The first-order valence-electron chi connectivity index (χ1n) is 9.76. The summed E-state index contributed by atoms with van der Waals surface area (Å²) in [5.41, 5.74) is 1.27. The quantitative estimate of drug-likeness (QED) is 0.694. The molecule has 1 aliphatic heterocycles. The van der Waals surface area contributed by atoms with E-state index in [1.54, 1.807) is 32.0 Å². The van der Waals surface area contributed by atoms with Gasteiger partial charge in [-0.25, -0.2) is 8.42 Å². The summed E-state index contributed by atoms with van der Waals surface area (Å²) >= 11 is 5.97. The van der Waals surface area contributed by atoms with E-state index in [2.05, 4.69) is 15.2 Å². The fourth-order valence-corrected chi connectivity index (χ4v) is 4.93. The summed E-state index contributed by atoms with van der Waals surface area (Å²) in [6.07, 6.45) is 1.45. The molecule has 1 aromatic heterocycles. The molecule has 1 saturated heterocycles. The molecule has 162 valence electrons. The maximum atomic E-state index is 13.0. The van der Waals surface area contributed by atoms with E-state index < -0.39 is 15.9 Å². The Morgan fingerprint density at radius 2 is 1.90 bits per heavy atom. The minimum Gasteiger partial charge on any atom is -0.378 e. The molecule has 30 heavy (non-hydrogen) atoms. The highest BCUT2D eigenvalue weighted by Gasteiger charge is 2.25. The lowest BCUT2D eigenvalue weighted by Gasteiger charge is -2.31. The van der Waals surface area contributed by atoms with Crippen molar-refractivity contribution in [1.82, 2.24) is 9.29 Å². The van der Waals surface area contributed by atoms with Crippen LogP contribution in [-0.4, -0.2) is 63.0 Å². The summed E-state index contributed by atoms with van der Waals surface area (Å²) in [6, 6.07) is 7.84. The van der Waals surface area contributed by atoms with Crippen LogP contribution in [0.5, 0.6) is 0 Å². The van der Waals surface area contributed by atoms with E-state index in [1.165, 1.54) is 22.6 Å². The van der Waals surface area contributed by atoms with Crippen molar-refractivity contribution in [2.24, 2.45) is 0 Å². The zero-order valence-electron chi connectivity index (χ0n) is 17.0. The van der Waals surface area contributed by atoms with E-state index in [0.717, 1.165) is 5.69 Å². The van der Waals surface area contributed by atoms with Gasteiger partial charge in [0.15, 0.2) is 0 Å². The molecule has 10 heteroatoms. The van der Waals surface area contributed by atoms with Crippen molar-refractivity contribution >= 4 is 38.9 Å². The number of anilines is 2. The van der Waals surface area contributed by atoms with E-state index in [9.17, 15) is 13.2 Å². The van der Waals surface area contributed by atoms with Crippen LogP contribution in [0.15, 0.2) is 41.4 Å². The molecule has 0 atom stereocenters. The van der Waals surface area contributed by atoms with Crippen molar-refractivity contribution in [1.29, 1.82) is 0 Å². The third-order valence-electron chi connectivity index (χ3n) is 4.87. The summed E-state index contributed by atoms with van der Waals surface area (Å²) in [7, 11) is -3.68. The Balaban J connectivity index is 2.01. The van der Waals surface area contributed by atoms with Crippen molar-refractivity contribution in [3.8, 4) is 0 Å². The fraction of sp³-hybridized carbons (Fsp3) is 0.400. The molecule has 2 heterocycles. The smallest absolute Gasteiger partial charge is 0.274 e. The average molecular weight is 453 g/mol. The molecular weight excluding hydrogens is 428 g/mol. The van der Waals surface area contributed by atoms with Crippen LogP contribution < -0.4 is 10.2 Å². The first-order valence-corrected chi connectivity index (χ1v) is 11.6. The second-order valence-electron chi connectivity index (χ2n) is 6.68. The molecular formula is C20H25ClN4O4S. The van der Waals surface area contributed by atoms with Gasteiger partial charge in [0, 0.05) is 37.4 Å². The van der Waals surface area contributed by atoms with Crippen molar-refractivity contribution in [3.63, 3.8) is 0 Å². The van der Waals surface area contributed by atoms with E-state index in [1.807, 2.05) is 0 Å². The first kappa shape index (κ1) is 22.5. The second-order valence-corrected chi connectivity index (χ2v) is 9.06. The zero-order valence-corrected chi connectivity index (χ0v) is 18.5. The number of carbonyl (C=O) groups is 1. The molecule has 1 aliphatic rings. The SMILES string of the molecule is CCN(CC)S(=O)(=O)c1ccc(N2CCOCC2)c(NC(=O)c2cc(Cl)ccn2)c1. The first-order chi connectivity index (χ1) is 14.4. The molecule has 3 rings (SSSR count). The fourth-order valence-electron chi connectivity index (χ4n) is 3.28. The number of hydrogen-bond donors (Lipinski definition) is 1. The molecule has 8 nitrogen and oxygen atoms in total. The highest BCUT2D eigenvalue weighted by atomic mass is 35.5. The summed E-state index contributed by atoms with van der Waals surface area (Å²) in [5, 5.41) is 3.20. The molecule has 2 aromatic rings. The van der Waals surface area contributed by atoms with Gasteiger partial charge in [-0.2, -0.15) is 4.31 Å². The number of carbonyl (C=O) groups excluding carboxylic acids is 1. The van der Waals surface area contributed by atoms with Gasteiger partial charge in [0.25, 0.3) is 5.91 Å². The van der Waals surface area contributed by atoms with Gasteiger partial charge in [-0.05, 0) is 30.3 Å². The summed E-state index contributed by atoms with van der Waals surface area (Å²) < 4.78 is 32.8. The highest BCUT2D eigenvalue weighted by molar-refractivity contribution is 7.89. The zero-order chi connectivity index (χ0) is 21.7. The van der Waals surface area contributed by atoms with Crippen molar-refractivity contribution in [3.05, 3.63) is 47.2 Å². The summed E-state index contributed by atoms with van der Waals surface area (Å²) in [6.45, 7) is 6.69. The average Bonchev–Trinajstić information content (AvgIpc) is 2.75. The number of nitrogens with one attached hydrogen (secondary N) is 1. The monoisotopic (exact) mass is 452 g/mol. The van der Waals surface area contributed by atoms with Gasteiger partial charge in [-0.1, -0.05) is 25.4 Å². The Bertz CT molecular complexity index is 1010. The van der Waals surface area contributed by atoms with Crippen LogP contribution in [-0.2, 0) is 14.8 Å². The standard InChI is InChI=1S/C20H25ClN4O4S/c1-3-25(4-2)30(27,28)16-5-6-19(24-9-11-29-12-10-24)17(14-16)23-20(26)18-13-15(21)7-8-22-18/h5-8,13-14H,3-4,9-12H2,1-2H3,(H,23,26). The van der Waals surface area contributed by atoms with Gasteiger partial charge in [-0.15, -0.1) is 0 Å². The van der Waals surface area contributed by atoms with Crippen LogP contribution >= 0.6 is 11.6 Å². The number of benzene rings is 1. The van der Waals surface area contributed by atoms with Crippen LogP contribution in [0.1, 0.15) is 24.3 Å². The van der Waals surface area contributed by atoms with Crippen molar-refractivity contribution < 1.29 is 17.9 Å². The van der Waals surface area contributed by atoms with Gasteiger partial charge in [0.2, 0.25) is 10.0 Å². The number of nitrogens with zero attached hydrogens (tertiary/aromatic N) is 3. The molecule has 0 bridgehead atoms. The van der Waals surface area contributed by atoms with E-state index in [0.29, 0.717) is 50.1 Å². The Labute approximate surface area is 181 Å². The van der Waals surface area contributed by atoms with Crippen LogP contribution in [0.4, 0.5) is 11.4 Å². The van der Waals surface area contributed by atoms with Crippen molar-refractivity contribution in [2.75, 3.05) is 49.6 Å². The van der Waals surface area contributed by atoms with Crippen molar-refractivity contribution in [2.45, 2.75) is 18.7 Å². The molecule has 0 spiro atoms. The maximum absolute atomic E-state index is 13.0. The molecule has 1 fully saturated rings. The second kappa shape index (κ2) is 9.74. The number of rotatable bonds is 7. The van der Waals surface area contributed by atoms with Gasteiger partial charge < -0.3 is 15.0 Å². The van der Waals surface area contributed by atoms with Gasteiger partial charge in [-0.3, -0.25) is 9.78 Å². The molecule has 0 radical (unpaired) electrons. The minimum atomic E-state index is -3.68. The Hall–Kier alpha value is -2.20. The van der Waals surface area contributed by atoms with Crippen LogP contribution in [0, 0.1) is 0 Å². The maximum Gasteiger partial charge on any atom is 0.274 e. The predicted octanol–water partition coefficient (Wildman–Crippen LogP) is 2.85. The number of halogens is 1. The third kappa shape index (κ3) is 4.92. The Morgan fingerprint density at radius 3 is 2.53 bits per heavy atom. The highest BCUT2D eigenvalue weighted by Crippen LogP contribution is 2.31. The third-order valence-corrected chi connectivity index (χ3v) is 7.15. The van der Waals surface area contributed by atoms with Crippen LogP contribution in [0.2, 0.25) is 5.02 Å². The minimum absolute atomic E-state index is 0.123. The Morgan fingerprint density at radius 1 is 1.20 bits per heavy atom. The molecule has 0 aliphatic carbocycles. The Kier molecular flexibility index (Phi) is 7.30. The van der Waals surface area contributed by atoms with Gasteiger partial charge >= 0.3 is 0 Å². The predicted molar refractivity (Wildman–Crippen MR) is 117 cm³/mol. The molecule has 1 N–H and O–H groups in total. The van der Waals surface area contributed by atoms with E-state index in [-0.39, 0.29) is 10.6 Å². The lowest BCUT2D eigenvalue weighted by Crippen LogP contribution is -2.37. The molecule has 0 saturated carbocycles.